The zero-order valence-corrected chi connectivity index (χ0v) is 10.6. The predicted octanol–water partition coefficient (Wildman–Crippen LogP) is 1.45. The number of carbonyl (C=O) groups is 1. The van der Waals surface area contributed by atoms with Crippen LogP contribution in [0.3, 0.4) is 0 Å². The first-order chi connectivity index (χ1) is 9.33. The van der Waals surface area contributed by atoms with E-state index in [1.54, 1.807) is 0 Å². The van der Waals surface area contributed by atoms with Crippen molar-refractivity contribution < 1.29 is 23.1 Å². The molecule has 1 aromatic carbocycles. The number of hydrogen-bond donors (Lipinski definition) is 3. The first kappa shape index (κ1) is 14.8. The maximum absolute atomic E-state index is 12.3. The number of hydrogen-bond acceptors (Lipinski definition) is 3. The van der Waals surface area contributed by atoms with Crippen molar-refractivity contribution in [1.29, 1.82) is 0 Å². The van der Waals surface area contributed by atoms with Crippen molar-refractivity contribution >= 4 is 11.6 Å². The highest BCUT2D eigenvalue weighted by Crippen LogP contribution is 2.23. The standard InChI is InChI=1S/C13H15F3N2O2/c14-13(15,16)6-8-2-1-3-9(4-8)18-12(20)11-5-10(19)7-17-11/h1-4,10-11,17,19H,5-7H2,(H,18,20). The van der Waals surface area contributed by atoms with Crippen LogP contribution in [0.15, 0.2) is 24.3 Å². The molecule has 1 aliphatic heterocycles. The molecule has 1 heterocycles. The SMILES string of the molecule is O=C(Nc1cccc(CC(F)(F)F)c1)C1CC(O)CN1. The summed E-state index contributed by atoms with van der Waals surface area (Å²) in [6, 6.07) is 5.14. The molecule has 1 amide bonds. The summed E-state index contributed by atoms with van der Waals surface area (Å²) in [6.07, 6.45) is -5.58. The van der Waals surface area contributed by atoms with Crippen LogP contribution >= 0.6 is 0 Å². The Morgan fingerprint density at radius 3 is 2.80 bits per heavy atom. The number of anilines is 1. The normalized spacial score (nSPS) is 22.8. The van der Waals surface area contributed by atoms with Gasteiger partial charge in [0.05, 0.1) is 18.6 Å². The van der Waals surface area contributed by atoms with Crippen molar-refractivity contribution in [3.63, 3.8) is 0 Å². The van der Waals surface area contributed by atoms with Gasteiger partial charge in [0.1, 0.15) is 0 Å². The molecule has 7 heteroatoms. The Morgan fingerprint density at radius 2 is 2.20 bits per heavy atom. The van der Waals surface area contributed by atoms with Crippen molar-refractivity contribution in [2.24, 2.45) is 0 Å². The average Bonchev–Trinajstić information content (AvgIpc) is 2.74. The van der Waals surface area contributed by atoms with Gasteiger partial charge in [-0.2, -0.15) is 13.2 Å². The number of amides is 1. The maximum atomic E-state index is 12.3. The third-order valence-corrected chi connectivity index (χ3v) is 3.02. The molecule has 20 heavy (non-hydrogen) atoms. The number of nitrogens with one attached hydrogen (secondary N) is 2. The number of β-amino-alcohol motifs (C(OH)–C–C–N with tert-alkyl or cyclic N) is 1. The van der Waals surface area contributed by atoms with Gasteiger partial charge in [-0.3, -0.25) is 4.79 Å². The predicted molar refractivity (Wildman–Crippen MR) is 67.2 cm³/mol. The zero-order valence-electron chi connectivity index (χ0n) is 10.6. The Morgan fingerprint density at radius 1 is 1.45 bits per heavy atom. The maximum Gasteiger partial charge on any atom is 0.393 e. The van der Waals surface area contributed by atoms with Gasteiger partial charge in [-0.05, 0) is 24.1 Å². The van der Waals surface area contributed by atoms with Gasteiger partial charge in [0.2, 0.25) is 5.91 Å². The van der Waals surface area contributed by atoms with Gasteiger partial charge in [0.15, 0.2) is 0 Å². The molecule has 0 aliphatic carbocycles. The molecule has 2 atom stereocenters. The molecule has 0 bridgehead atoms. The van der Waals surface area contributed by atoms with Crippen LogP contribution in [0, 0.1) is 0 Å². The summed E-state index contributed by atoms with van der Waals surface area (Å²) < 4.78 is 36.9. The Bertz CT molecular complexity index is 491. The number of carbonyl (C=O) groups excluding carboxylic acids is 1. The number of rotatable bonds is 3. The number of aliphatic hydroxyl groups excluding tert-OH is 1. The van der Waals surface area contributed by atoms with Crippen molar-refractivity contribution in [3.8, 4) is 0 Å². The second-order valence-corrected chi connectivity index (χ2v) is 4.83. The van der Waals surface area contributed by atoms with E-state index >= 15 is 0 Å². The van der Waals surface area contributed by atoms with Crippen molar-refractivity contribution in [3.05, 3.63) is 29.8 Å². The quantitative estimate of drug-likeness (QED) is 0.789. The molecular weight excluding hydrogens is 273 g/mol. The molecule has 0 spiro atoms. The molecule has 2 unspecified atom stereocenters. The smallest absolute Gasteiger partial charge is 0.392 e. The highest BCUT2D eigenvalue weighted by Gasteiger charge is 2.29. The molecule has 3 N–H and O–H groups in total. The largest absolute Gasteiger partial charge is 0.393 e. The van der Waals surface area contributed by atoms with Crippen LogP contribution in [0.4, 0.5) is 18.9 Å². The Hall–Kier alpha value is -1.60. The number of aliphatic hydroxyl groups is 1. The average molecular weight is 288 g/mol. The zero-order chi connectivity index (χ0) is 14.8. The molecule has 1 fully saturated rings. The van der Waals surface area contributed by atoms with Gasteiger partial charge in [-0.1, -0.05) is 12.1 Å². The molecular formula is C13H15F3N2O2. The van der Waals surface area contributed by atoms with Gasteiger partial charge in [-0.15, -0.1) is 0 Å². The summed E-state index contributed by atoms with van der Waals surface area (Å²) in [4.78, 5) is 11.8. The fraction of sp³-hybridized carbons (Fsp3) is 0.462. The lowest BCUT2D eigenvalue weighted by atomic mass is 10.1. The molecule has 110 valence electrons. The van der Waals surface area contributed by atoms with E-state index in [4.69, 9.17) is 0 Å². The minimum Gasteiger partial charge on any atom is -0.392 e. The van der Waals surface area contributed by atoms with Crippen LogP contribution in [0.5, 0.6) is 0 Å². The van der Waals surface area contributed by atoms with Crippen LogP contribution in [-0.4, -0.2) is 35.9 Å². The molecule has 1 aliphatic rings. The van der Waals surface area contributed by atoms with E-state index in [-0.39, 0.29) is 11.5 Å². The third-order valence-electron chi connectivity index (χ3n) is 3.02. The fourth-order valence-electron chi connectivity index (χ4n) is 2.14. The third kappa shape index (κ3) is 4.21. The topological polar surface area (TPSA) is 61.4 Å². The molecule has 4 nitrogen and oxygen atoms in total. The van der Waals surface area contributed by atoms with E-state index in [2.05, 4.69) is 10.6 Å². The van der Waals surface area contributed by atoms with E-state index in [9.17, 15) is 23.1 Å². The molecule has 1 aromatic rings. The summed E-state index contributed by atoms with van der Waals surface area (Å²) in [5.41, 5.74) is 0.412. The number of halogens is 3. The van der Waals surface area contributed by atoms with E-state index in [0.29, 0.717) is 18.7 Å². The molecule has 0 saturated carbocycles. The summed E-state index contributed by atoms with van der Waals surface area (Å²) in [5, 5.41) is 14.7. The minimum absolute atomic E-state index is 0.0923. The van der Waals surface area contributed by atoms with Crippen LogP contribution < -0.4 is 10.6 Å². The second kappa shape index (κ2) is 5.80. The van der Waals surface area contributed by atoms with E-state index < -0.39 is 24.7 Å². The van der Waals surface area contributed by atoms with Crippen molar-refractivity contribution in [2.75, 3.05) is 11.9 Å². The van der Waals surface area contributed by atoms with Crippen molar-refractivity contribution in [1.82, 2.24) is 5.32 Å². The Labute approximate surface area is 114 Å². The van der Waals surface area contributed by atoms with E-state index in [0.717, 1.165) is 0 Å². The lowest BCUT2D eigenvalue weighted by Gasteiger charge is -2.12. The molecule has 0 radical (unpaired) electrons. The van der Waals surface area contributed by atoms with Crippen LogP contribution in [-0.2, 0) is 11.2 Å². The van der Waals surface area contributed by atoms with Gasteiger partial charge in [-0.25, -0.2) is 0 Å². The fourth-order valence-corrected chi connectivity index (χ4v) is 2.14. The van der Waals surface area contributed by atoms with Gasteiger partial charge in [0, 0.05) is 12.2 Å². The highest BCUT2D eigenvalue weighted by atomic mass is 19.4. The number of alkyl halides is 3. The summed E-state index contributed by atoms with van der Waals surface area (Å²) in [5.74, 6) is -0.356. The van der Waals surface area contributed by atoms with Crippen LogP contribution in [0.2, 0.25) is 0 Å². The van der Waals surface area contributed by atoms with Crippen molar-refractivity contribution in [2.45, 2.75) is 31.2 Å². The Balaban J connectivity index is 1.99. The first-order valence-corrected chi connectivity index (χ1v) is 6.21. The summed E-state index contributed by atoms with van der Waals surface area (Å²) >= 11 is 0. The van der Waals surface area contributed by atoms with E-state index in [1.165, 1.54) is 24.3 Å². The van der Waals surface area contributed by atoms with Gasteiger partial charge < -0.3 is 15.7 Å². The molecule has 2 rings (SSSR count). The van der Waals surface area contributed by atoms with Gasteiger partial charge >= 0.3 is 6.18 Å². The lowest BCUT2D eigenvalue weighted by Crippen LogP contribution is -2.35. The van der Waals surface area contributed by atoms with Crippen LogP contribution in [0.25, 0.3) is 0 Å². The summed E-state index contributed by atoms with van der Waals surface area (Å²) in [7, 11) is 0. The molecule has 0 aromatic heterocycles. The monoisotopic (exact) mass is 288 g/mol. The Kier molecular flexibility index (Phi) is 4.29. The van der Waals surface area contributed by atoms with Crippen LogP contribution in [0.1, 0.15) is 12.0 Å². The summed E-state index contributed by atoms with van der Waals surface area (Å²) in [6.45, 7) is 0.339. The van der Waals surface area contributed by atoms with E-state index in [1.807, 2.05) is 0 Å². The second-order valence-electron chi connectivity index (χ2n) is 4.83. The first-order valence-electron chi connectivity index (χ1n) is 6.21. The minimum atomic E-state index is -4.28. The molecule has 1 saturated heterocycles. The number of benzene rings is 1. The lowest BCUT2D eigenvalue weighted by molar-refractivity contribution is -0.127. The van der Waals surface area contributed by atoms with Gasteiger partial charge in [0.25, 0.3) is 0 Å². The highest BCUT2D eigenvalue weighted by molar-refractivity contribution is 5.95.